The summed E-state index contributed by atoms with van der Waals surface area (Å²) in [4.78, 5) is 24.0. The Kier molecular flexibility index (Phi) is 5.37. The van der Waals surface area contributed by atoms with Crippen molar-refractivity contribution < 1.29 is 19.4 Å². The molecule has 0 saturated carbocycles. The molecule has 0 bridgehead atoms. The fourth-order valence-corrected chi connectivity index (χ4v) is 1.94. The van der Waals surface area contributed by atoms with Crippen LogP contribution in [0.3, 0.4) is 0 Å². The van der Waals surface area contributed by atoms with Crippen LogP contribution in [0.5, 0.6) is 0 Å². The molecule has 1 heterocycles. The first-order valence-electron chi connectivity index (χ1n) is 5.78. The van der Waals surface area contributed by atoms with Crippen molar-refractivity contribution in [2.45, 2.75) is 18.9 Å². The topological polar surface area (TPSA) is 78.9 Å². The van der Waals surface area contributed by atoms with Crippen molar-refractivity contribution in [2.24, 2.45) is 5.92 Å². The highest BCUT2D eigenvalue weighted by Gasteiger charge is 2.34. The summed E-state index contributed by atoms with van der Waals surface area (Å²) >= 11 is 0. The van der Waals surface area contributed by atoms with E-state index in [0.29, 0.717) is 26.2 Å². The van der Waals surface area contributed by atoms with Gasteiger partial charge in [0.25, 0.3) is 0 Å². The number of carboxylic acids is 1. The lowest BCUT2D eigenvalue weighted by Crippen LogP contribution is -2.43. The molecule has 0 aliphatic carbocycles. The monoisotopic (exact) mass is 244 g/mol. The van der Waals surface area contributed by atoms with E-state index >= 15 is 0 Å². The standard InChI is InChI=1S/C11H20N2O4/c1-12-9-7-17-6-8(9)11(16)13(2)5-3-4-10(14)15/h8-9,12H,3-7H2,1-2H3,(H,14,15). The predicted octanol–water partition coefficient (Wildman–Crippen LogP) is -0.456. The van der Waals surface area contributed by atoms with Crippen molar-refractivity contribution in [3.05, 3.63) is 0 Å². The number of carbonyl (C=O) groups is 2. The van der Waals surface area contributed by atoms with Crippen molar-refractivity contribution in [2.75, 3.05) is 33.9 Å². The zero-order valence-electron chi connectivity index (χ0n) is 10.3. The Hall–Kier alpha value is -1.14. The third-order valence-electron chi connectivity index (χ3n) is 3.03. The van der Waals surface area contributed by atoms with Crippen molar-refractivity contribution in [1.82, 2.24) is 10.2 Å². The van der Waals surface area contributed by atoms with Gasteiger partial charge in [-0.2, -0.15) is 0 Å². The Bertz CT molecular complexity index is 283. The molecule has 2 N–H and O–H groups in total. The minimum Gasteiger partial charge on any atom is -0.481 e. The number of hydrogen-bond donors (Lipinski definition) is 2. The van der Waals surface area contributed by atoms with E-state index in [1.54, 1.807) is 11.9 Å². The minimum atomic E-state index is -0.830. The molecule has 1 aliphatic rings. The number of hydrogen-bond acceptors (Lipinski definition) is 4. The lowest BCUT2D eigenvalue weighted by atomic mass is 10.0. The number of nitrogens with zero attached hydrogens (tertiary/aromatic N) is 1. The van der Waals surface area contributed by atoms with Gasteiger partial charge in [-0.1, -0.05) is 0 Å². The van der Waals surface area contributed by atoms with Gasteiger partial charge in [-0.3, -0.25) is 9.59 Å². The molecule has 2 atom stereocenters. The molecule has 6 nitrogen and oxygen atoms in total. The van der Waals surface area contributed by atoms with E-state index in [-0.39, 0.29) is 24.3 Å². The van der Waals surface area contributed by atoms with E-state index in [1.807, 2.05) is 7.05 Å². The number of aliphatic carboxylic acids is 1. The fourth-order valence-electron chi connectivity index (χ4n) is 1.94. The summed E-state index contributed by atoms with van der Waals surface area (Å²) in [5.41, 5.74) is 0. The molecule has 1 fully saturated rings. The Labute approximate surface area is 101 Å². The normalized spacial score (nSPS) is 23.6. The van der Waals surface area contributed by atoms with Gasteiger partial charge in [-0.05, 0) is 13.5 Å². The molecule has 17 heavy (non-hydrogen) atoms. The summed E-state index contributed by atoms with van der Waals surface area (Å²) in [6, 6.07) is 0.0597. The zero-order chi connectivity index (χ0) is 12.8. The Balaban J connectivity index is 2.37. The van der Waals surface area contributed by atoms with E-state index in [1.165, 1.54) is 0 Å². The molecule has 6 heteroatoms. The van der Waals surface area contributed by atoms with E-state index in [2.05, 4.69) is 5.32 Å². The highest BCUT2D eigenvalue weighted by atomic mass is 16.5. The number of ether oxygens (including phenoxy) is 1. The maximum Gasteiger partial charge on any atom is 0.303 e. The van der Waals surface area contributed by atoms with Gasteiger partial charge in [0.05, 0.1) is 19.1 Å². The van der Waals surface area contributed by atoms with Crippen LogP contribution in [0.1, 0.15) is 12.8 Å². The average molecular weight is 244 g/mol. The van der Waals surface area contributed by atoms with Crippen molar-refractivity contribution in [3.63, 3.8) is 0 Å². The molecule has 2 unspecified atom stereocenters. The van der Waals surface area contributed by atoms with Gasteiger partial charge in [-0.25, -0.2) is 0 Å². The Morgan fingerprint density at radius 2 is 2.18 bits per heavy atom. The van der Waals surface area contributed by atoms with Crippen molar-refractivity contribution in [3.8, 4) is 0 Å². The van der Waals surface area contributed by atoms with E-state index in [9.17, 15) is 9.59 Å². The van der Waals surface area contributed by atoms with Crippen LogP contribution in [-0.2, 0) is 14.3 Å². The molecule has 1 saturated heterocycles. The van der Waals surface area contributed by atoms with E-state index < -0.39 is 5.97 Å². The largest absolute Gasteiger partial charge is 0.481 e. The van der Waals surface area contributed by atoms with Crippen LogP contribution in [0.4, 0.5) is 0 Å². The highest BCUT2D eigenvalue weighted by molar-refractivity contribution is 5.79. The molecule has 0 spiro atoms. The lowest BCUT2D eigenvalue weighted by Gasteiger charge is -2.23. The maximum atomic E-state index is 12.0. The molecule has 0 aromatic heterocycles. The summed E-state index contributed by atoms with van der Waals surface area (Å²) < 4.78 is 5.27. The summed E-state index contributed by atoms with van der Waals surface area (Å²) in [7, 11) is 3.51. The van der Waals surface area contributed by atoms with Gasteiger partial charge in [0.1, 0.15) is 0 Å². The SMILES string of the molecule is CNC1COCC1C(=O)N(C)CCCC(=O)O. The Morgan fingerprint density at radius 1 is 1.47 bits per heavy atom. The van der Waals surface area contributed by atoms with Crippen molar-refractivity contribution >= 4 is 11.9 Å². The summed E-state index contributed by atoms with van der Waals surface area (Å²) in [5, 5.41) is 11.6. The molecule has 0 aromatic carbocycles. The maximum absolute atomic E-state index is 12.0. The van der Waals surface area contributed by atoms with Crippen LogP contribution in [0.2, 0.25) is 0 Å². The molecule has 1 amide bonds. The van der Waals surface area contributed by atoms with Crippen LogP contribution in [0, 0.1) is 5.92 Å². The van der Waals surface area contributed by atoms with Gasteiger partial charge in [0.15, 0.2) is 0 Å². The minimum absolute atomic E-state index is 0.0206. The molecule has 0 radical (unpaired) electrons. The van der Waals surface area contributed by atoms with Gasteiger partial charge in [-0.15, -0.1) is 0 Å². The summed E-state index contributed by atoms with van der Waals surface area (Å²) in [6.07, 6.45) is 0.573. The average Bonchev–Trinajstić information content (AvgIpc) is 2.75. The predicted molar refractivity (Wildman–Crippen MR) is 61.7 cm³/mol. The second-order valence-electron chi connectivity index (χ2n) is 4.30. The zero-order valence-corrected chi connectivity index (χ0v) is 10.3. The number of carboxylic acid groups (broad SMARTS) is 1. The van der Waals surface area contributed by atoms with Crippen LogP contribution < -0.4 is 5.32 Å². The molecule has 1 rings (SSSR count). The van der Waals surface area contributed by atoms with Crippen LogP contribution in [0.15, 0.2) is 0 Å². The number of amides is 1. The van der Waals surface area contributed by atoms with Crippen LogP contribution in [0.25, 0.3) is 0 Å². The molecule has 1 aliphatic heterocycles. The molecule has 0 aromatic rings. The first-order valence-corrected chi connectivity index (χ1v) is 5.78. The second-order valence-corrected chi connectivity index (χ2v) is 4.30. The van der Waals surface area contributed by atoms with Gasteiger partial charge < -0.3 is 20.1 Å². The fraction of sp³-hybridized carbons (Fsp3) is 0.818. The lowest BCUT2D eigenvalue weighted by molar-refractivity contribution is -0.138. The quantitative estimate of drug-likeness (QED) is 0.661. The first-order chi connectivity index (χ1) is 8.06. The second kappa shape index (κ2) is 6.56. The van der Waals surface area contributed by atoms with Crippen LogP contribution in [-0.4, -0.2) is 61.8 Å². The smallest absolute Gasteiger partial charge is 0.303 e. The summed E-state index contributed by atoms with van der Waals surface area (Å²) in [6.45, 7) is 1.46. The Morgan fingerprint density at radius 3 is 2.76 bits per heavy atom. The third kappa shape index (κ3) is 3.98. The number of rotatable bonds is 6. The third-order valence-corrected chi connectivity index (χ3v) is 3.03. The van der Waals surface area contributed by atoms with Crippen molar-refractivity contribution in [1.29, 1.82) is 0 Å². The number of likely N-dealkylation sites (N-methyl/N-ethyl adjacent to an activating group) is 1. The summed E-state index contributed by atoms with van der Waals surface area (Å²) in [5.74, 6) is -0.967. The molecular weight excluding hydrogens is 224 g/mol. The van der Waals surface area contributed by atoms with E-state index in [0.717, 1.165) is 0 Å². The number of nitrogens with one attached hydrogen (secondary N) is 1. The molecular formula is C11H20N2O4. The van der Waals surface area contributed by atoms with Gasteiger partial charge in [0.2, 0.25) is 5.91 Å². The first kappa shape index (κ1) is 13.9. The molecule has 98 valence electrons. The van der Waals surface area contributed by atoms with Crippen LogP contribution >= 0.6 is 0 Å². The number of carbonyl (C=O) groups excluding carboxylic acids is 1. The van der Waals surface area contributed by atoms with Gasteiger partial charge in [0, 0.05) is 26.1 Å². The van der Waals surface area contributed by atoms with E-state index in [4.69, 9.17) is 9.84 Å². The van der Waals surface area contributed by atoms with Gasteiger partial charge >= 0.3 is 5.97 Å². The highest BCUT2D eigenvalue weighted by Crippen LogP contribution is 2.16.